The molecule has 16 heavy (non-hydrogen) atoms. The number of nitrogens with zero attached hydrogens (tertiary/aromatic N) is 1. The first-order valence-electron chi connectivity index (χ1n) is 5.25. The van der Waals surface area contributed by atoms with E-state index >= 15 is 0 Å². The molecule has 0 aromatic carbocycles. The van der Waals surface area contributed by atoms with Gasteiger partial charge in [0.05, 0.1) is 0 Å². The summed E-state index contributed by atoms with van der Waals surface area (Å²) in [7, 11) is 0. The minimum absolute atomic E-state index is 0.0670. The number of hydrogen-bond acceptors (Lipinski definition) is 3. The van der Waals surface area contributed by atoms with E-state index in [0.29, 0.717) is 5.57 Å². The van der Waals surface area contributed by atoms with Gasteiger partial charge in [-0.3, -0.25) is 19.3 Å². The van der Waals surface area contributed by atoms with Crippen LogP contribution >= 0.6 is 0 Å². The maximum atomic E-state index is 11.5. The number of amides is 3. The van der Waals surface area contributed by atoms with Crippen molar-refractivity contribution in [1.29, 1.82) is 0 Å². The van der Waals surface area contributed by atoms with Crippen LogP contribution in [0.5, 0.6) is 0 Å². The van der Waals surface area contributed by atoms with Gasteiger partial charge in [-0.05, 0) is 20.8 Å². The summed E-state index contributed by atoms with van der Waals surface area (Å²) in [5.41, 5.74) is 0.425. The molecule has 0 spiro atoms. The molecular weight excluding hydrogens is 208 g/mol. The number of hydrogen-bond donors (Lipinski definition) is 1. The van der Waals surface area contributed by atoms with Gasteiger partial charge in [0.1, 0.15) is 0 Å². The predicted octanol–water partition coefficient (Wildman–Crippen LogP) is 0.216. The summed E-state index contributed by atoms with van der Waals surface area (Å²) >= 11 is 0. The molecule has 0 atom stereocenters. The molecule has 0 aromatic heterocycles. The second-order valence-electron chi connectivity index (χ2n) is 4.09. The summed E-state index contributed by atoms with van der Waals surface area (Å²) in [6.07, 6.45) is 1.44. The number of carbonyl (C=O) groups excluding carboxylic acids is 3. The van der Waals surface area contributed by atoms with E-state index in [1.54, 1.807) is 6.92 Å². The molecule has 0 fully saturated rings. The first-order valence-corrected chi connectivity index (χ1v) is 5.25. The zero-order valence-electron chi connectivity index (χ0n) is 9.74. The first-order chi connectivity index (χ1) is 7.41. The standard InChI is InChI=1S/C11H16N2O3/c1-7(2)12-9(14)4-5-13-10(15)6-8(3)11(13)16/h6-7H,4-5H2,1-3H3,(H,12,14). The summed E-state index contributed by atoms with van der Waals surface area (Å²) in [5.74, 6) is -0.789. The highest BCUT2D eigenvalue weighted by atomic mass is 16.2. The zero-order chi connectivity index (χ0) is 12.3. The van der Waals surface area contributed by atoms with E-state index in [1.807, 2.05) is 13.8 Å². The van der Waals surface area contributed by atoms with Crippen molar-refractivity contribution >= 4 is 17.7 Å². The van der Waals surface area contributed by atoms with Gasteiger partial charge in [-0.2, -0.15) is 0 Å². The van der Waals surface area contributed by atoms with Gasteiger partial charge in [0.25, 0.3) is 11.8 Å². The largest absolute Gasteiger partial charge is 0.354 e. The highest BCUT2D eigenvalue weighted by molar-refractivity contribution is 6.15. The van der Waals surface area contributed by atoms with E-state index in [1.165, 1.54) is 6.08 Å². The van der Waals surface area contributed by atoms with Crippen LogP contribution in [0.3, 0.4) is 0 Å². The molecule has 1 heterocycles. The molecule has 5 nitrogen and oxygen atoms in total. The molecule has 0 radical (unpaired) electrons. The molecule has 5 heteroatoms. The first kappa shape index (κ1) is 12.4. The fourth-order valence-electron chi connectivity index (χ4n) is 1.46. The van der Waals surface area contributed by atoms with E-state index in [-0.39, 0.29) is 36.7 Å². The van der Waals surface area contributed by atoms with Gasteiger partial charge in [-0.1, -0.05) is 0 Å². The molecule has 0 bridgehead atoms. The topological polar surface area (TPSA) is 66.5 Å². The minimum Gasteiger partial charge on any atom is -0.354 e. The SMILES string of the molecule is CC1=CC(=O)N(CCC(=O)NC(C)C)C1=O. The lowest BCUT2D eigenvalue weighted by Gasteiger charge is -2.14. The summed E-state index contributed by atoms with van der Waals surface area (Å²) in [4.78, 5) is 35.2. The fraction of sp³-hybridized carbons (Fsp3) is 0.545. The van der Waals surface area contributed by atoms with Crippen LogP contribution in [0.25, 0.3) is 0 Å². The fourth-order valence-corrected chi connectivity index (χ4v) is 1.46. The Labute approximate surface area is 94.5 Å². The van der Waals surface area contributed by atoms with Gasteiger partial charge in [0.15, 0.2) is 0 Å². The van der Waals surface area contributed by atoms with Crippen LogP contribution in [-0.4, -0.2) is 35.2 Å². The predicted molar refractivity (Wildman–Crippen MR) is 58.4 cm³/mol. The molecule has 1 aliphatic rings. The molecule has 3 amide bonds. The van der Waals surface area contributed by atoms with Crippen LogP contribution in [0, 0.1) is 0 Å². The molecule has 1 aliphatic heterocycles. The van der Waals surface area contributed by atoms with Gasteiger partial charge < -0.3 is 5.32 Å². The number of imide groups is 1. The molecule has 0 saturated heterocycles. The number of rotatable bonds is 4. The lowest BCUT2D eigenvalue weighted by molar-refractivity contribution is -0.137. The zero-order valence-corrected chi connectivity index (χ0v) is 9.74. The molecule has 0 aromatic rings. The molecule has 0 aliphatic carbocycles. The van der Waals surface area contributed by atoms with Crippen LogP contribution in [0.2, 0.25) is 0 Å². The third-order valence-corrected chi connectivity index (χ3v) is 2.20. The second-order valence-corrected chi connectivity index (χ2v) is 4.09. The Kier molecular flexibility index (Phi) is 3.82. The maximum absolute atomic E-state index is 11.5. The molecular formula is C11H16N2O3. The molecule has 1 N–H and O–H groups in total. The van der Waals surface area contributed by atoms with Crippen LogP contribution in [0.4, 0.5) is 0 Å². The highest BCUT2D eigenvalue weighted by Gasteiger charge is 2.28. The molecule has 88 valence electrons. The Bertz CT molecular complexity index is 358. The quantitative estimate of drug-likeness (QED) is 0.694. The van der Waals surface area contributed by atoms with E-state index in [9.17, 15) is 14.4 Å². The van der Waals surface area contributed by atoms with Crippen molar-refractivity contribution in [2.24, 2.45) is 0 Å². The van der Waals surface area contributed by atoms with Crippen LogP contribution < -0.4 is 5.32 Å². The number of carbonyl (C=O) groups is 3. The van der Waals surface area contributed by atoms with Crippen molar-refractivity contribution in [2.75, 3.05) is 6.54 Å². The monoisotopic (exact) mass is 224 g/mol. The summed E-state index contributed by atoms with van der Waals surface area (Å²) in [6.45, 7) is 5.45. The minimum atomic E-state index is -0.333. The van der Waals surface area contributed by atoms with Crippen molar-refractivity contribution in [3.63, 3.8) is 0 Å². The smallest absolute Gasteiger partial charge is 0.256 e. The number of nitrogens with one attached hydrogen (secondary N) is 1. The van der Waals surface area contributed by atoms with Gasteiger partial charge >= 0.3 is 0 Å². The Morgan fingerprint density at radius 2 is 2.06 bits per heavy atom. The third kappa shape index (κ3) is 2.92. The van der Waals surface area contributed by atoms with Crippen molar-refractivity contribution in [2.45, 2.75) is 33.2 Å². The Balaban J connectivity index is 2.43. The van der Waals surface area contributed by atoms with Gasteiger partial charge in [0.2, 0.25) is 5.91 Å². The second kappa shape index (κ2) is 4.92. The Morgan fingerprint density at radius 1 is 1.44 bits per heavy atom. The highest BCUT2D eigenvalue weighted by Crippen LogP contribution is 2.11. The van der Waals surface area contributed by atoms with Crippen LogP contribution in [-0.2, 0) is 14.4 Å². The average molecular weight is 224 g/mol. The third-order valence-electron chi connectivity index (χ3n) is 2.20. The lowest BCUT2D eigenvalue weighted by Crippen LogP contribution is -2.37. The van der Waals surface area contributed by atoms with Gasteiger partial charge in [-0.25, -0.2) is 0 Å². The van der Waals surface area contributed by atoms with Crippen LogP contribution in [0.15, 0.2) is 11.6 Å². The van der Waals surface area contributed by atoms with Gasteiger partial charge in [0, 0.05) is 30.7 Å². The van der Waals surface area contributed by atoms with E-state index in [2.05, 4.69) is 5.32 Å². The summed E-state index contributed by atoms with van der Waals surface area (Å²) in [5, 5.41) is 2.70. The Hall–Kier alpha value is -1.65. The molecule has 0 saturated carbocycles. The molecule has 0 unspecified atom stereocenters. The molecule has 1 rings (SSSR count). The van der Waals surface area contributed by atoms with Crippen molar-refractivity contribution in [1.82, 2.24) is 10.2 Å². The van der Waals surface area contributed by atoms with E-state index < -0.39 is 0 Å². The van der Waals surface area contributed by atoms with Gasteiger partial charge in [-0.15, -0.1) is 0 Å². The average Bonchev–Trinajstić information content (AvgIpc) is 2.38. The van der Waals surface area contributed by atoms with Crippen molar-refractivity contribution < 1.29 is 14.4 Å². The van der Waals surface area contributed by atoms with Crippen molar-refractivity contribution in [3.05, 3.63) is 11.6 Å². The van der Waals surface area contributed by atoms with E-state index in [4.69, 9.17) is 0 Å². The lowest BCUT2D eigenvalue weighted by atomic mass is 10.3. The van der Waals surface area contributed by atoms with Crippen molar-refractivity contribution in [3.8, 4) is 0 Å². The van der Waals surface area contributed by atoms with E-state index in [0.717, 1.165) is 4.90 Å². The maximum Gasteiger partial charge on any atom is 0.256 e. The Morgan fingerprint density at radius 3 is 2.50 bits per heavy atom. The normalized spacial score (nSPS) is 15.8. The van der Waals surface area contributed by atoms with Crippen LogP contribution in [0.1, 0.15) is 27.2 Å². The summed E-state index contributed by atoms with van der Waals surface area (Å²) in [6, 6.07) is 0.0670. The summed E-state index contributed by atoms with van der Waals surface area (Å²) < 4.78 is 0.